The molecule has 1 spiro atoms. The van der Waals surface area contributed by atoms with Gasteiger partial charge in [0, 0.05) is 26.2 Å². The Hall–Kier alpha value is -3.64. The molecule has 0 bridgehead atoms. The van der Waals surface area contributed by atoms with Crippen LogP contribution < -0.4 is 4.74 Å². The lowest BCUT2D eigenvalue weighted by Crippen LogP contribution is -2.56. The lowest BCUT2D eigenvalue weighted by atomic mass is 9.85. The zero-order valence-corrected chi connectivity index (χ0v) is 21.9. The van der Waals surface area contributed by atoms with Crippen LogP contribution in [0.5, 0.6) is 5.75 Å². The predicted molar refractivity (Wildman–Crippen MR) is 146 cm³/mol. The van der Waals surface area contributed by atoms with Crippen LogP contribution in [0.4, 0.5) is 4.79 Å². The van der Waals surface area contributed by atoms with Gasteiger partial charge in [0.2, 0.25) is 0 Å². The van der Waals surface area contributed by atoms with Crippen molar-refractivity contribution >= 4 is 22.7 Å². The van der Waals surface area contributed by atoms with Gasteiger partial charge < -0.3 is 9.64 Å². The van der Waals surface area contributed by atoms with Crippen molar-refractivity contribution in [2.75, 3.05) is 26.7 Å². The molecule has 2 heterocycles. The number of urea groups is 1. The molecule has 0 N–H and O–H groups in total. The van der Waals surface area contributed by atoms with Crippen LogP contribution in [-0.2, 0) is 17.9 Å². The van der Waals surface area contributed by atoms with Gasteiger partial charge in [-0.2, -0.15) is 0 Å². The molecular formula is C31H35N3O3. The average molecular weight is 498 g/mol. The van der Waals surface area contributed by atoms with Gasteiger partial charge in [0.05, 0.1) is 13.7 Å². The number of benzene rings is 3. The maximum absolute atomic E-state index is 13.9. The monoisotopic (exact) mass is 497 g/mol. The first-order valence-electron chi connectivity index (χ1n) is 13.0. The summed E-state index contributed by atoms with van der Waals surface area (Å²) < 4.78 is 5.34. The molecule has 0 unspecified atom stereocenters. The van der Waals surface area contributed by atoms with E-state index >= 15 is 0 Å². The van der Waals surface area contributed by atoms with Crippen molar-refractivity contribution < 1.29 is 14.3 Å². The summed E-state index contributed by atoms with van der Waals surface area (Å²) in [5.74, 6) is 0.640. The molecule has 0 radical (unpaired) electrons. The van der Waals surface area contributed by atoms with Gasteiger partial charge in [0.15, 0.2) is 0 Å². The maximum Gasteiger partial charge on any atom is 0.328 e. The number of carbonyl (C=O) groups is 2. The molecule has 0 saturated carbocycles. The number of amides is 3. The zero-order chi connectivity index (χ0) is 26.0. The molecular weight excluding hydrogens is 462 g/mol. The van der Waals surface area contributed by atoms with Gasteiger partial charge in [0.1, 0.15) is 11.3 Å². The Morgan fingerprint density at radius 2 is 1.68 bits per heavy atom. The summed E-state index contributed by atoms with van der Waals surface area (Å²) in [5, 5.41) is 2.51. The Labute approximate surface area is 219 Å². The number of hydrogen-bond acceptors (Lipinski definition) is 4. The number of methoxy groups -OCH3 is 1. The smallest absolute Gasteiger partial charge is 0.328 e. The van der Waals surface area contributed by atoms with E-state index in [0.717, 1.165) is 36.5 Å². The van der Waals surface area contributed by atoms with Crippen molar-refractivity contribution in [2.24, 2.45) is 0 Å². The van der Waals surface area contributed by atoms with Gasteiger partial charge in [-0.1, -0.05) is 66.2 Å². The fourth-order valence-electron chi connectivity index (χ4n) is 5.64. The highest BCUT2D eigenvalue weighted by molar-refractivity contribution is 6.07. The number of ether oxygens (including phenoxy) is 1. The second-order valence-electron chi connectivity index (χ2n) is 10.4. The Bertz CT molecular complexity index is 1330. The number of piperidine rings is 1. The fraction of sp³-hybridized carbons (Fsp3) is 0.355. The van der Waals surface area contributed by atoms with Crippen molar-refractivity contribution in [3.05, 3.63) is 89.5 Å². The largest absolute Gasteiger partial charge is 0.497 e. The highest BCUT2D eigenvalue weighted by Crippen LogP contribution is 2.39. The number of rotatable bonds is 7. The molecule has 37 heavy (non-hydrogen) atoms. The van der Waals surface area contributed by atoms with Gasteiger partial charge >= 0.3 is 6.03 Å². The standard InChI is InChI=1S/C31H35N3O3/c1-23(2)14-17-34-30(36)33(21-24-8-6-12-27(20-24)37-3)29(35)31(34)15-18-32(19-16-31)22-26-11-7-10-25-9-4-5-13-28(25)26/h4-14,20H,15-19,21-22H2,1-3H3. The number of imide groups is 1. The molecule has 5 rings (SSSR count). The van der Waals surface area contributed by atoms with Crippen LogP contribution in [0.1, 0.15) is 37.8 Å². The summed E-state index contributed by atoms with van der Waals surface area (Å²) in [6, 6.07) is 22.3. The minimum Gasteiger partial charge on any atom is -0.497 e. The van der Waals surface area contributed by atoms with Crippen molar-refractivity contribution in [3.8, 4) is 5.75 Å². The van der Waals surface area contributed by atoms with E-state index in [9.17, 15) is 9.59 Å². The van der Waals surface area contributed by atoms with Crippen LogP contribution in [0.2, 0.25) is 0 Å². The van der Waals surface area contributed by atoms with Crippen LogP contribution >= 0.6 is 0 Å². The molecule has 3 aromatic carbocycles. The highest BCUT2D eigenvalue weighted by atomic mass is 16.5. The van der Waals surface area contributed by atoms with E-state index < -0.39 is 5.54 Å². The van der Waals surface area contributed by atoms with Crippen molar-refractivity contribution in [2.45, 2.75) is 45.3 Å². The average Bonchev–Trinajstić information content (AvgIpc) is 3.09. The molecule has 0 aromatic heterocycles. The Balaban J connectivity index is 1.37. The van der Waals surface area contributed by atoms with Crippen molar-refractivity contribution in [3.63, 3.8) is 0 Å². The Morgan fingerprint density at radius 3 is 2.43 bits per heavy atom. The maximum atomic E-state index is 13.9. The highest BCUT2D eigenvalue weighted by Gasteiger charge is 2.57. The van der Waals surface area contributed by atoms with E-state index in [4.69, 9.17) is 4.74 Å². The number of hydrogen-bond donors (Lipinski definition) is 0. The number of carbonyl (C=O) groups excluding carboxylic acids is 2. The molecule has 2 aliphatic heterocycles. The fourth-order valence-corrected chi connectivity index (χ4v) is 5.64. The third kappa shape index (κ3) is 4.86. The summed E-state index contributed by atoms with van der Waals surface area (Å²) in [6.45, 7) is 7.11. The van der Waals surface area contributed by atoms with Gasteiger partial charge in [-0.15, -0.1) is 0 Å². The molecule has 0 atom stereocenters. The Kier molecular flexibility index (Phi) is 7.02. The third-order valence-electron chi connectivity index (χ3n) is 7.74. The minimum absolute atomic E-state index is 0.0766. The van der Waals surface area contributed by atoms with E-state index in [1.807, 2.05) is 49.1 Å². The first-order valence-corrected chi connectivity index (χ1v) is 13.0. The minimum atomic E-state index is -0.794. The molecule has 2 saturated heterocycles. The van der Waals surface area contributed by atoms with E-state index in [2.05, 4.69) is 47.4 Å². The summed E-state index contributed by atoms with van der Waals surface area (Å²) >= 11 is 0. The molecule has 2 aliphatic rings. The van der Waals surface area contributed by atoms with E-state index in [0.29, 0.717) is 19.4 Å². The summed E-state index contributed by atoms with van der Waals surface area (Å²) in [4.78, 5) is 33.2. The molecule has 6 heteroatoms. The lowest BCUT2D eigenvalue weighted by Gasteiger charge is -2.42. The first kappa shape index (κ1) is 25.0. The van der Waals surface area contributed by atoms with Gasteiger partial charge in [0.25, 0.3) is 5.91 Å². The van der Waals surface area contributed by atoms with Gasteiger partial charge in [-0.3, -0.25) is 14.6 Å². The quantitative estimate of drug-likeness (QED) is 0.314. The van der Waals surface area contributed by atoms with Crippen LogP contribution in [0, 0.1) is 0 Å². The van der Waals surface area contributed by atoms with Crippen molar-refractivity contribution in [1.82, 2.24) is 14.7 Å². The number of allylic oxidation sites excluding steroid dienone is 1. The van der Waals surface area contributed by atoms with Crippen LogP contribution in [0.25, 0.3) is 10.8 Å². The summed E-state index contributed by atoms with van der Waals surface area (Å²) in [6.07, 6.45) is 3.31. The second kappa shape index (κ2) is 10.4. The molecule has 6 nitrogen and oxygen atoms in total. The molecule has 0 aliphatic carbocycles. The number of nitrogens with zero attached hydrogens (tertiary/aromatic N) is 3. The number of likely N-dealkylation sites (tertiary alicyclic amines) is 1. The van der Waals surface area contributed by atoms with E-state index in [1.54, 1.807) is 7.11 Å². The molecule has 3 amide bonds. The second-order valence-corrected chi connectivity index (χ2v) is 10.4. The van der Waals surface area contributed by atoms with E-state index in [-0.39, 0.29) is 18.5 Å². The normalized spacial score (nSPS) is 17.6. The number of fused-ring (bicyclic) bond motifs is 1. The van der Waals surface area contributed by atoms with Crippen LogP contribution in [0.3, 0.4) is 0 Å². The lowest BCUT2D eigenvalue weighted by molar-refractivity contribution is -0.136. The van der Waals surface area contributed by atoms with Gasteiger partial charge in [-0.05, 0) is 60.7 Å². The summed E-state index contributed by atoms with van der Waals surface area (Å²) in [5.41, 5.74) is 2.52. The van der Waals surface area contributed by atoms with Crippen molar-refractivity contribution in [1.29, 1.82) is 0 Å². The zero-order valence-electron chi connectivity index (χ0n) is 21.9. The van der Waals surface area contributed by atoms with Crippen LogP contribution in [-0.4, -0.2) is 58.9 Å². The SMILES string of the molecule is COc1cccc(CN2C(=O)N(CC=C(C)C)C3(CCN(Cc4cccc5ccccc45)CC3)C2=O)c1. The molecule has 2 fully saturated rings. The Morgan fingerprint density at radius 1 is 0.946 bits per heavy atom. The predicted octanol–water partition coefficient (Wildman–Crippen LogP) is 5.61. The third-order valence-corrected chi connectivity index (χ3v) is 7.74. The van der Waals surface area contributed by atoms with E-state index in [1.165, 1.54) is 21.2 Å². The topological polar surface area (TPSA) is 53.1 Å². The first-order chi connectivity index (χ1) is 17.9. The van der Waals surface area contributed by atoms with Gasteiger partial charge in [-0.25, -0.2) is 4.79 Å². The summed E-state index contributed by atoms with van der Waals surface area (Å²) in [7, 11) is 1.62. The van der Waals surface area contributed by atoms with Crippen LogP contribution in [0.15, 0.2) is 78.4 Å². The molecule has 192 valence electrons. The molecule has 3 aromatic rings.